The number of aryl methyl sites for hydroxylation is 2. The molecule has 0 saturated carbocycles. The monoisotopic (exact) mass is 469 g/mol. The molecule has 2 aromatic carbocycles. The molecule has 31 heavy (non-hydrogen) atoms. The van der Waals surface area contributed by atoms with Gasteiger partial charge in [0.2, 0.25) is 0 Å². The zero-order valence-corrected chi connectivity index (χ0v) is 19.0. The van der Waals surface area contributed by atoms with E-state index >= 15 is 0 Å². The van der Waals surface area contributed by atoms with E-state index in [9.17, 15) is 10.1 Å². The molecule has 1 aromatic heterocycles. The van der Waals surface area contributed by atoms with E-state index in [-0.39, 0.29) is 10.6 Å². The Balaban J connectivity index is 1.81. The fourth-order valence-corrected chi connectivity index (χ4v) is 4.21. The minimum Gasteiger partial charge on any atom is -0.457 e. The maximum Gasteiger partial charge on any atom is 0.266 e. The Labute approximate surface area is 195 Å². The van der Waals surface area contributed by atoms with E-state index < -0.39 is 12.1 Å². The molecule has 0 bridgehead atoms. The van der Waals surface area contributed by atoms with Gasteiger partial charge in [-0.15, -0.1) is 12.6 Å². The number of rotatable bonds is 3. The van der Waals surface area contributed by atoms with Crippen LogP contribution in [-0.4, -0.2) is 5.91 Å². The molecule has 0 spiro atoms. The van der Waals surface area contributed by atoms with Crippen molar-refractivity contribution >= 4 is 47.4 Å². The number of carbonyl (C=O) groups excluding carboxylic acids is 1. The van der Waals surface area contributed by atoms with E-state index in [0.29, 0.717) is 21.6 Å². The van der Waals surface area contributed by atoms with Crippen molar-refractivity contribution in [1.29, 1.82) is 5.26 Å². The summed E-state index contributed by atoms with van der Waals surface area (Å²) in [5.41, 5.74) is 3.57. The third kappa shape index (κ3) is 3.92. The van der Waals surface area contributed by atoms with Crippen molar-refractivity contribution in [3.05, 3.63) is 86.1 Å². The van der Waals surface area contributed by atoms with Crippen LogP contribution in [0.1, 0.15) is 23.1 Å². The van der Waals surface area contributed by atoms with E-state index in [4.69, 9.17) is 27.6 Å². The van der Waals surface area contributed by atoms with Crippen molar-refractivity contribution < 1.29 is 9.21 Å². The maximum absolute atomic E-state index is 12.6. The third-order valence-electron chi connectivity index (χ3n) is 5.03. The predicted octanol–water partition coefficient (Wildman–Crippen LogP) is 6.17. The van der Waals surface area contributed by atoms with Crippen molar-refractivity contribution in [3.63, 3.8) is 0 Å². The molecule has 3 aromatic rings. The lowest BCUT2D eigenvalue weighted by molar-refractivity contribution is -0.118. The van der Waals surface area contributed by atoms with Crippen LogP contribution in [0.5, 0.6) is 0 Å². The topological polar surface area (TPSA) is 69.3 Å². The fraction of sp³-hybridized carbons (Fsp3) is 0.130. The quantitative estimate of drug-likeness (QED) is 0.449. The molecule has 156 valence electrons. The number of nitrogens with zero attached hydrogens (tertiary/aromatic N) is 2. The summed E-state index contributed by atoms with van der Waals surface area (Å²) in [5.74, 6) is 0.545. The predicted molar refractivity (Wildman–Crippen MR) is 125 cm³/mol. The average Bonchev–Trinajstić information content (AvgIpc) is 3.21. The van der Waals surface area contributed by atoms with Crippen LogP contribution in [-0.2, 0) is 4.79 Å². The summed E-state index contributed by atoms with van der Waals surface area (Å²) in [6.45, 7) is 3.96. The van der Waals surface area contributed by atoms with Crippen molar-refractivity contribution in [2.75, 3.05) is 4.90 Å². The molecule has 0 aliphatic carbocycles. The lowest BCUT2D eigenvalue weighted by atomic mass is 10.1. The highest BCUT2D eigenvalue weighted by molar-refractivity contribution is 7.84. The zero-order valence-electron chi connectivity index (χ0n) is 16.6. The van der Waals surface area contributed by atoms with E-state index in [1.165, 1.54) is 0 Å². The third-order valence-corrected chi connectivity index (χ3v) is 6.21. The van der Waals surface area contributed by atoms with Crippen LogP contribution in [0.2, 0.25) is 10.0 Å². The molecular weight excluding hydrogens is 453 g/mol. The van der Waals surface area contributed by atoms with Gasteiger partial charge in [0.05, 0.1) is 15.1 Å². The Morgan fingerprint density at radius 2 is 1.87 bits per heavy atom. The Morgan fingerprint density at radius 1 is 1.10 bits per heavy atom. The largest absolute Gasteiger partial charge is 0.457 e. The molecule has 0 fully saturated rings. The molecule has 1 amide bonds. The van der Waals surface area contributed by atoms with Gasteiger partial charge in [-0.05, 0) is 55.8 Å². The van der Waals surface area contributed by atoms with Gasteiger partial charge in [-0.1, -0.05) is 40.9 Å². The van der Waals surface area contributed by atoms with Gasteiger partial charge in [0.15, 0.2) is 6.17 Å². The molecule has 1 unspecified atom stereocenters. The van der Waals surface area contributed by atoms with Crippen LogP contribution in [0, 0.1) is 25.2 Å². The minimum absolute atomic E-state index is 0.0594. The number of hydrogen-bond acceptors (Lipinski definition) is 5. The van der Waals surface area contributed by atoms with Crippen LogP contribution in [0.15, 0.2) is 63.6 Å². The molecule has 4 rings (SSSR count). The number of benzene rings is 2. The van der Waals surface area contributed by atoms with Gasteiger partial charge < -0.3 is 14.6 Å². The highest BCUT2D eigenvalue weighted by Crippen LogP contribution is 2.39. The van der Waals surface area contributed by atoms with Crippen LogP contribution in [0.3, 0.4) is 0 Å². The smallest absolute Gasteiger partial charge is 0.266 e. The first kappa shape index (κ1) is 21.4. The van der Waals surface area contributed by atoms with Gasteiger partial charge in [-0.25, -0.2) is 0 Å². The first-order valence-electron chi connectivity index (χ1n) is 9.36. The molecule has 1 aliphatic rings. The van der Waals surface area contributed by atoms with Gasteiger partial charge in [0, 0.05) is 11.3 Å². The standard InChI is InChI=1S/C23H17Cl2N3O2S/c1-12-3-6-18(13(2)9-12)28-21(27-22(29)15(11-26)23(28)31)20-8-7-19(30-20)14-4-5-16(24)17(25)10-14/h3-10,21,31H,1-2H3,(H,27,29). The molecule has 5 nitrogen and oxygen atoms in total. The Bertz CT molecular complexity index is 1280. The second kappa shape index (κ2) is 8.35. The molecular formula is C23H17Cl2N3O2S. The number of thiol groups is 1. The summed E-state index contributed by atoms with van der Waals surface area (Å²) >= 11 is 16.7. The second-order valence-electron chi connectivity index (χ2n) is 7.18. The summed E-state index contributed by atoms with van der Waals surface area (Å²) in [6.07, 6.45) is -0.685. The van der Waals surface area contributed by atoms with Gasteiger partial charge >= 0.3 is 0 Å². The Morgan fingerprint density at radius 3 is 2.55 bits per heavy atom. The van der Waals surface area contributed by atoms with Crippen LogP contribution >= 0.6 is 35.8 Å². The van der Waals surface area contributed by atoms with Crippen LogP contribution < -0.4 is 10.2 Å². The first-order chi connectivity index (χ1) is 14.8. The van der Waals surface area contributed by atoms with Gasteiger partial charge in [0.1, 0.15) is 23.2 Å². The summed E-state index contributed by atoms with van der Waals surface area (Å²) in [4.78, 5) is 14.3. The van der Waals surface area contributed by atoms with Gasteiger partial charge in [-0.2, -0.15) is 5.26 Å². The maximum atomic E-state index is 12.6. The molecule has 0 saturated heterocycles. The minimum atomic E-state index is -0.685. The lowest BCUT2D eigenvalue weighted by Gasteiger charge is -2.37. The average molecular weight is 470 g/mol. The molecule has 1 atom stereocenters. The number of nitrogens with one attached hydrogen (secondary N) is 1. The first-order valence-corrected chi connectivity index (χ1v) is 10.6. The van der Waals surface area contributed by atoms with E-state index in [1.807, 2.05) is 38.1 Å². The number of carbonyl (C=O) groups is 1. The van der Waals surface area contributed by atoms with Gasteiger partial charge in [0.25, 0.3) is 5.91 Å². The summed E-state index contributed by atoms with van der Waals surface area (Å²) in [5, 5.41) is 13.5. The molecule has 1 aliphatic heterocycles. The molecule has 8 heteroatoms. The zero-order chi connectivity index (χ0) is 22.3. The number of nitriles is 1. The second-order valence-corrected chi connectivity index (χ2v) is 8.42. The lowest BCUT2D eigenvalue weighted by Crippen LogP contribution is -2.46. The SMILES string of the molecule is Cc1ccc(N2C(S)=C(C#N)C(=O)NC2c2ccc(-c3ccc(Cl)c(Cl)c3)o2)c(C)c1. The normalized spacial score (nSPS) is 16.3. The number of furan rings is 1. The number of amides is 1. The molecule has 0 radical (unpaired) electrons. The van der Waals surface area contributed by atoms with E-state index in [2.05, 4.69) is 17.9 Å². The number of anilines is 1. The van der Waals surface area contributed by atoms with Crippen molar-refractivity contribution in [3.8, 4) is 17.4 Å². The summed E-state index contributed by atoms with van der Waals surface area (Å²) in [6, 6.07) is 16.6. The number of hydrogen-bond donors (Lipinski definition) is 2. The van der Waals surface area contributed by atoms with E-state index in [1.54, 1.807) is 35.2 Å². The Kier molecular flexibility index (Phi) is 5.76. The highest BCUT2D eigenvalue weighted by atomic mass is 35.5. The molecule has 1 N–H and O–H groups in total. The highest BCUT2D eigenvalue weighted by Gasteiger charge is 2.36. The van der Waals surface area contributed by atoms with Crippen LogP contribution in [0.4, 0.5) is 5.69 Å². The van der Waals surface area contributed by atoms with Crippen molar-refractivity contribution in [2.24, 2.45) is 0 Å². The summed E-state index contributed by atoms with van der Waals surface area (Å²) in [7, 11) is 0. The van der Waals surface area contributed by atoms with E-state index in [0.717, 1.165) is 22.4 Å². The Hall–Kier alpha value is -2.85. The van der Waals surface area contributed by atoms with Crippen molar-refractivity contribution in [2.45, 2.75) is 20.0 Å². The fourth-order valence-electron chi connectivity index (χ4n) is 3.54. The van der Waals surface area contributed by atoms with Gasteiger partial charge in [-0.3, -0.25) is 4.79 Å². The molecule has 2 heterocycles. The van der Waals surface area contributed by atoms with Crippen LogP contribution in [0.25, 0.3) is 11.3 Å². The number of halogens is 2. The van der Waals surface area contributed by atoms with Crippen molar-refractivity contribution in [1.82, 2.24) is 5.32 Å². The summed E-state index contributed by atoms with van der Waals surface area (Å²) < 4.78 is 6.09.